The van der Waals surface area contributed by atoms with E-state index in [1.807, 2.05) is 0 Å². The molecule has 1 fully saturated rings. The van der Waals surface area contributed by atoms with Crippen molar-refractivity contribution in [3.63, 3.8) is 0 Å². The summed E-state index contributed by atoms with van der Waals surface area (Å²) < 4.78 is 0. The van der Waals surface area contributed by atoms with Crippen LogP contribution in [0.2, 0.25) is 0 Å². The molecule has 5 nitrogen and oxygen atoms in total. The van der Waals surface area contributed by atoms with Gasteiger partial charge in [0.05, 0.1) is 11.1 Å². The number of fused-ring (bicyclic) bond motifs is 1. The number of rotatable bonds is 3. The monoisotopic (exact) mass is 273 g/mol. The Kier molecular flexibility index (Phi) is 3.31. The topological polar surface area (TPSA) is 66.6 Å². The zero-order chi connectivity index (χ0) is 14.3. The highest BCUT2D eigenvalue weighted by atomic mass is 16.2. The van der Waals surface area contributed by atoms with Crippen LogP contribution < -0.4 is 5.73 Å². The van der Waals surface area contributed by atoms with Crippen molar-refractivity contribution in [2.24, 2.45) is 11.7 Å². The second-order valence-corrected chi connectivity index (χ2v) is 5.71. The first-order chi connectivity index (χ1) is 9.58. The summed E-state index contributed by atoms with van der Waals surface area (Å²) in [6.07, 6.45) is 0. The number of imide groups is 1. The largest absolute Gasteiger partial charge is 0.326 e. The van der Waals surface area contributed by atoms with Gasteiger partial charge in [0.15, 0.2) is 0 Å². The van der Waals surface area contributed by atoms with Gasteiger partial charge in [-0.3, -0.25) is 19.4 Å². The number of hydrogen-bond acceptors (Lipinski definition) is 4. The van der Waals surface area contributed by atoms with E-state index in [0.717, 1.165) is 13.1 Å². The minimum atomic E-state index is -0.179. The molecule has 2 aliphatic rings. The summed E-state index contributed by atoms with van der Waals surface area (Å²) in [4.78, 5) is 28.0. The molecule has 20 heavy (non-hydrogen) atoms. The van der Waals surface area contributed by atoms with Crippen molar-refractivity contribution >= 4 is 11.8 Å². The van der Waals surface area contributed by atoms with Crippen LogP contribution in [-0.4, -0.2) is 53.8 Å². The molecule has 1 aromatic carbocycles. The number of nitrogens with two attached hydrogens (primary N) is 1. The number of carbonyl (C=O) groups is 2. The molecule has 2 atom stereocenters. The van der Waals surface area contributed by atoms with E-state index in [-0.39, 0.29) is 17.9 Å². The molecule has 2 N–H and O–H groups in total. The van der Waals surface area contributed by atoms with E-state index in [0.29, 0.717) is 30.1 Å². The van der Waals surface area contributed by atoms with Crippen molar-refractivity contribution in [2.75, 3.05) is 26.2 Å². The first kappa shape index (κ1) is 13.3. The third-order valence-electron chi connectivity index (χ3n) is 4.26. The van der Waals surface area contributed by atoms with Crippen LogP contribution in [0.1, 0.15) is 27.6 Å². The van der Waals surface area contributed by atoms with Gasteiger partial charge in [-0.25, -0.2) is 0 Å². The van der Waals surface area contributed by atoms with E-state index >= 15 is 0 Å². The fourth-order valence-electron chi connectivity index (χ4n) is 2.96. The quantitative estimate of drug-likeness (QED) is 0.817. The van der Waals surface area contributed by atoms with Crippen LogP contribution in [0.5, 0.6) is 0 Å². The molecular formula is C15H19N3O2. The molecule has 0 aromatic heterocycles. The van der Waals surface area contributed by atoms with Crippen molar-refractivity contribution in [2.45, 2.75) is 13.0 Å². The molecule has 0 aliphatic carbocycles. The third-order valence-corrected chi connectivity index (χ3v) is 4.26. The van der Waals surface area contributed by atoms with E-state index < -0.39 is 0 Å². The number of likely N-dealkylation sites (tertiary alicyclic amines) is 1. The molecule has 0 bridgehead atoms. The van der Waals surface area contributed by atoms with Gasteiger partial charge in [-0.1, -0.05) is 19.1 Å². The van der Waals surface area contributed by atoms with E-state index in [4.69, 9.17) is 5.73 Å². The van der Waals surface area contributed by atoms with Crippen molar-refractivity contribution in [1.82, 2.24) is 9.80 Å². The molecule has 3 rings (SSSR count). The van der Waals surface area contributed by atoms with Gasteiger partial charge < -0.3 is 5.73 Å². The van der Waals surface area contributed by atoms with Crippen LogP contribution in [0, 0.1) is 5.92 Å². The van der Waals surface area contributed by atoms with Gasteiger partial charge in [-0.15, -0.1) is 0 Å². The van der Waals surface area contributed by atoms with Crippen LogP contribution in [0.4, 0.5) is 0 Å². The molecule has 2 amide bonds. The lowest BCUT2D eigenvalue weighted by Gasteiger charge is -2.19. The van der Waals surface area contributed by atoms with Crippen LogP contribution in [0.25, 0.3) is 0 Å². The summed E-state index contributed by atoms with van der Waals surface area (Å²) in [5, 5.41) is 0. The predicted molar refractivity (Wildman–Crippen MR) is 75.4 cm³/mol. The van der Waals surface area contributed by atoms with Gasteiger partial charge in [-0.2, -0.15) is 0 Å². The van der Waals surface area contributed by atoms with Crippen molar-refractivity contribution < 1.29 is 9.59 Å². The Morgan fingerprint density at radius 3 is 2.20 bits per heavy atom. The zero-order valence-electron chi connectivity index (χ0n) is 11.6. The first-order valence-electron chi connectivity index (χ1n) is 7.01. The molecule has 2 aliphatic heterocycles. The molecule has 1 saturated heterocycles. The second kappa shape index (κ2) is 5.00. The number of nitrogens with zero attached hydrogens (tertiary/aromatic N) is 2. The van der Waals surface area contributed by atoms with E-state index in [1.54, 1.807) is 24.3 Å². The molecule has 0 radical (unpaired) electrons. The van der Waals surface area contributed by atoms with Crippen molar-refractivity contribution in [3.8, 4) is 0 Å². The summed E-state index contributed by atoms with van der Waals surface area (Å²) in [5.41, 5.74) is 7.02. The molecule has 1 aromatic rings. The summed E-state index contributed by atoms with van der Waals surface area (Å²) in [7, 11) is 0. The average Bonchev–Trinajstić information content (AvgIpc) is 2.88. The van der Waals surface area contributed by atoms with Gasteiger partial charge in [0.1, 0.15) is 0 Å². The maximum atomic E-state index is 12.2. The second-order valence-electron chi connectivity index (χ2n) is 5.71. The third kappa shape index (κ3) is 2.13. The fourth-order valence-corrected chi connectivity index (χ4v) is 2.96. The normalized spacial score (nSPS) is 26.4. The molecule has 106 valence electrons. The van der Waals surface area contributed by atoms with E-state index in [9.17, 15) is 9.59 Å². The fraction of sp³-hybridized carbons (Fsp3) is 0.467. The summed E-state index contributed by atoms with van der Waals surface area (Å²) in [6.45, 7) is 5.04. The number of hydrogen-bond donors (Lipinski definition) is 1. The molecule has 0 saturated carbocycles. The Morgan fingerprint density at radius 1 is 1.10 bits per heavy atom. The van der Waals surface area contributed by atoms with E-state index in [2.05, 4.69) is 11.8 Å². The van der Waals surface area contributed by atoms with Gasteiger partial charge in [-0.05, 0) is 18.1 Å². The number of amides is 2. The average molecular weight is 273 g/mol. The Balaban J connectivity index is 1.66. The van der Waals surface area contributed by atoms with Crippen LogP contribution in [0.3, 0.4) is 0 Å². The maximum absolute atomic E-state index is 12.2. The minimum absolute atomic E-state index is 0.179. The molecular weight excluding hydrogens is 254 g/mol. The lowest BCUT2D eigenvalue weighted by Crippen LogP contribution is -2.38. The Labute approximate surface area is 118 Å². The van der Waals surface area contributed by atoms with Crippen LogP contribution in [-0.2, 0) is 0 Å². The standard InChI is InChI=1S/C15H19N3O2/c1-10-8-17(9-13(10)16)6-7-18-14(19)11-4-2-3-5-12(11)15(18)20/h2-5,10,13H,6-9,16H2,1H3. The molecule has 5 heteroatoms. The summed E-state index contributed by atoms with van der Waals surface area (Å²) in [5.74, 6) is 0.112. The predicted octanol–water partition coefficient (Wildman–Crippen LogP) is 0.562. The lowest BCUT2D eigenvalue weighted by molar-refractivity contribution is 0.0640. The van der Waals surface area contributed by atoms with Gasteiger partial charge in [0, 0.05) is 32.2 Å². The van der Waals surface area contributed by atoms with Crippen LogP contribution in [0.15, 0.2) is 24.3 Å². The highest BCUT2D eigenvalue weighted by Gasteiger charge is 2.35. The molecule has 2 heterocycles. The Bertz CT molecular complexity index is 513. The van der Waals surface area contributed by atoms with Gasteiger partial charge in [0.25, 0.3) is 11.8 Å². The smallest absolute Gasteiger partial charge is 0.261 e. The molecule has 0 spiro atoms. The van der Waals surface area contributed by atoms with Crippen LogP contribution >= 0.6 is 0 Å². The van der Waals surface area contributed by atoms with Gasteiger partial charge >= 0.3 is 0 Å². The summed E-state index contributed by atoms with van der Waals surface area (Å²) in [6, 6.07) is 7.19. The zero-order valence-corrected chi connectivity index (χ0v) is 11.6. The highest BCUT2D eigenvalue weighted by Crippen LogP contribution is 2.22. The number of carbonyl (C=O) groups excluding carboxylic acids is 2. The highest BCUT2D eigenvalue weighted by molar-refractivity contribution is 6.21. The van der Waals surface area contributed by atoms with Crippen molar-refractivity contribution in [1.29, 1.82) is 0 Å². The first-order valence-corrected chi connectivity index (χ1v) is 7.01. The van der Waals surface area contributed by atoms with E-state index in [1.165, 1.54) is 4.90 Å². The van der Waals surface area contributed by atoms with Gasteiger partial charge in [0.2, 0.25) is 0 Å². The number of benzene rings is 1. The Hall–Kier alpha value is -1.72. The lowest BCUT2D eigenvalue weighted by atomic mass is 10.1. The Morgan fingerprint density at radius 2 is 1.70 bits per heavy atom. The minimum Gasteiger partial charge on any atom is -0.326 e. The summed E-state index contributed by atoms with van der Waals surface area (Å²) >= 11 is 0. The molecule has 2 unspecified atom stereocenters. The maximum Gasteiger partial charge on any atom is 0.261 e. The van der Waals surface area contributed by atoms with Crippen molar-refractivity contribution in [3.05, 3.63) is 35.4 Å². The SMILES string of the molecule is CC1CN(CCN2C(=O)c3ccccc3C2=O)CC1N.